The van der Waals surface area contributed by atoms with Gasteiger partial charge in [0, 0.05) is 47.8 Å². The normalized spacial score (nSPS) is 17.3. The molecule has 0 atom stereocenters. The predicted octanol–water partition coefficient (Wildman–Crippen LogP) is 5.81. The van der Waals surface area contributed by atoms with Gasteiger partial charge in [0.15, 0.2) is 18.9 Å². The van der Waals surface area contributed by atoms with Gasteiger partial charge in [-0.2, -0.15) is 0 Å². The van der Waals surface area contributed by atoms with E-state index in [4.69, 9.17) is 23.2 Å². The van der Waals surface area contributed by atoms with Gasteiger partial charge in [-0.1, -0.05) is 23.2 Å². The molecule has 206 valence electrons. The lowest BCUT2D eigenvalue weighted by Crippen LogP contribution is -2.38. The molecule has 0 bridgehead atoms. The average Bonchev–Trinajstić information content (AvgIpc) is 2.93. The highest BCUT2D eigenvalue weighted by Gasteiger charge is 2.21. The Balaban J connectivity index is 1.33. The lowest BCUT2D eigenvalue weighted by Gasteiger charge is -2.32. The number of likely N-dealkylation sites (tertiary alicyclic amines) is 1. The van der Waals surface area contributed by atoms with Crippen molar-refractivity contribution >= 4 is 29.1 Å². The van der Waals surface area contributed by atoms with E-state index in [2.05, 4.69) is 62.8 Å². The topological polar surface area (TPSA) is 48.3 Å². The van der Waals surface area contributed by atoms with Gasteiger partial charge in [-0.25, -0.2) is 4.57 Å². The monoisotopic (exact) mass is 565 g/mol. The molecule has 1 aromatic heterocycles. The third-order valence-electron chi connectivity index (χ3n) is 8.09. The molecule has 0 radical (unpaired) electrons. The predicted molar refractivity (Wildman–Crippen MR) is 159 cm³/mol. The first-order valence-corrected chi connectivity index (χ1v) is 14.9. The number of hydrogen-bond acceptors (Lipinski definition) is 3. The van der Waals surface area contributed by atoms with Crippen molar-refractivity contribution < 1.29 is 9.36 Å². The van der Waals surface area contributed by atoms with Gasteiger partial charge >= 0.3 is 0 Å². The lowest BCUT2D eigenvalue weighted by atomic mass is 9.91. The number of pyridine rings is 1. The van der Waals surface area contributed by atoms with Gasteiger partial charge in [0.25, 0.3) is 0 Å². The van der Waals surface area contributed by atoms with Crippen LogP contribution in [0.1, 0.15) is 55.2 Å². The van der Waals surface area contributed by atoms with Crippen LogP contribution < -0.4 is 15.2 Å². The van der Waals surface area contributed by atoms with Crippen molar-refractivity contribution in [3.63, 3.8) is 0 Å². The van der Waals surface area contributed by atoms with Gasteiger partial charge in [0.05, 0.1) is 0 Å². The third kappa shape index (κ3) is 8.04. The number of carbonyl (C=O) groups is 1. The molecule has 2 aliphatic rings. The van der Waals surface area contributed by atoms with Crippen LogP contribution in [-0.2, 0) is 17.9 Å². The second kappa shape index (κ2) is 13.3. The zero-order chi connectivity index (χ0) is 27.2. The molecule has 2 aliphatic heterocycles. The number of benzene rings is 2. The summed E-state index contributed by atoms with van der Waals surface area (Å²) in [6.45, 7) is 8.38. The van der Waals surface area contributed by atoms with Gasteiger partial charge in [0.1, 0.15) is 0 Å². The van der Waals surface area contributed by atoms with Gasteiger partial charge < -0.3 is 10.6 Å². The highest BCUT2D eigenvalue weighted by Crippen LogP contribution is 2.30. The van der Waals surface area contributed by atoms with Crippen LogP contribution in [0, 0.1) is 5.92 Å². The highest BCUT2D eigenvalue weighted by molar-refractivity contribution is 6.35. The summed E-state index contributed by atoms with van der Waals surface area (Å²) in [5.74, 6) is 1.28. The molecule has 0 saturated carbocycles. The van der Waals surface area contributed by atoms with Crippen LogP contribution in [0.5, 0.6) is 0 Å². The molecule has 3 heterocycles. The number of amides is 1. The van der Waals surface area contributed by atoms with E-state index in [0.717, 1.165) is 69.8 Å². The van der Waals surface area contributed by atoms with E-state index in [1.807, 2.05) is 12.1 Å². The van der Waals surface area contributed by atoms with E-state index in [1.165, 1.54) is 29.5 Å². The number of carbonyl (C=O) groups excluding carboxylic acids is 1. The molecule has 0 spiro atoms. The van der Waals surface area contributed by atoms with Crippen LogP contribution in [0.25, 0.3) is 11.1 Å². The summed E-state index contributed by atoms with van der Waals surface area (Å²) < 4.78 is 2.27. The van der Waals surface area contributed by atoms with E-state index in [-0.39, 0.29) is 5.91 Å². The van der Waals surface area contributed by atoms with E-state index in [0.29, 0.717) is 21.9 Å². The van der Waals surface area contributed by atoms with Crippen LogP contribution in [0.3, 0.4) is 0 Å². The average molecular weight is 567 g/mol. The smallest absolute Gasteiger partial charge is 0.216 e. The summed E-state index contributed by atoms with van der Waals surface area (Å²) in [5, 5.41) is 7.74. The zero-order valence-electron chi connectivity index (χ0n) is 22.8. The molecule has 39 heavy (non-hydrogen) atoms. The largest absolute Gasteiger partial charge is 0.356 e. The minimum atomic E-state index is 0.0571. The van der Waals surface area contributed by atoms with Gasteiger partial charge in [0.2, 0.25) is 5.91 Å². The molecule has 7 heteroatoms. The number of rotatable bonds is 8. The Kier molecular flexibility index (Phi) is 9.57. The molecule has 5 nitrogen and oxygen atoms in total. The first-order valence-electron chi connectivity index (χ1n) is 14.2. The number of hydrogen-bond donors (Lipinski definition) is 2. The Morgan fingerprint density at radius 1 is 0.923 bits per heavy atom. The molecule has 0 unspecified atom stereocenters. The Bertz CT molecular complexity index is 1250. The maximum atomic E-state index is 11.3. The maximum absolute atomic E-state index is 11.3. The summed E-state index contributed by atoms with van der Waals surface area (Å²) in [7, 11) is 0. The molecule has 1 amide bonds. The molecule has 2 saturated heterocycles. The second-order valence-corrected chi connectivity index (χ2v) is 12.1. The van der Waals surface area contributed by atoms with Crippen molar-refractivity contribution in [3.05, 3.63) is 87.7 Å². The number of nitrogens with one attached hydrogen (secondary N) is 2. The Morgan fingerprint density at radius 3 is 2.23 bits per heavy atom. The van der Waals surface area contributed by atoms with Crippen LogP contribution in [0.15, 0.2) is 60.9 Å². The van der Waals surface area contributed by atoms with Crippen molar-refractivity contribution in [2.45, 2.75) is 51.6 Å². The summed E-state index contributed by atoms with van der Waals surface area (Å²) in [6.07, 6.45) is 9.08. The highest BCUT2D eigenvalue weighted by atomic mass is 35.5. The molecule has 3 aromatic rings. The molecule has 2 N–H and O–H groups in total. The second-order valence-electron chi connectivity index (χ2n) is 11.2. The summed E-state index contributed by atoms with van der Waals surface area (Å²) in [6, 6.07) is 17.2. The quantitative estimate of drug-likeness (QED) is 0.339. The fourth-order valence-corrected chi connectivity index (χ4v) is 6.47. The summed E-state index contributed by atoms with van der Waals surface area (Å²) >= 11 is 12.8. The first-order chi connectivity index (χ1) is 18.9. The SMILES string of the molecule is CC(=O)NCC1CCN(Cc2cc(C[n+]3ccc(C4CCNCC4)cc3)cc(-c3cc(Cl)cc(Cl)c3)c2)CC1. The minimum absolute atomic E-state index is 0.0571. The van der Waals surface area contributed by atoms with Crippen LogP contribution in [0.2, 0.25) is 10.0 Å². The fraction of sp³-hybridized carbons (Fsp3) is 0.438. The third-order valence-corrected chi connectivity index (χ3v) is 8.53. The minimum Gasteiger partial charge on any atom is -0.356 e. The first kappa shape index (κ1) is 28.1. The van der Waals surface area contributed by atoms with Crippen LogP contribution >= 0.6 is 23.2 Å². The number of halogens is 2. The van der Waals surface area contributed by atoms with Crippen LogP contribution in [0.4, 0.5) is 0 Å². The molecular formula is C32H39Cl2N4O+. The number of aromatic nitrogens is 1. The Hall–Kier alpha value is -2.44. The van der Waals surface area contributed by atoms with Crippen molar-refractivity contribution in [3.8, 4) is 11.1 Å². The molecular weight excluding hydrogens is 527 g/mol. The number of nitrogens with zero attached hydrogens (tertiary/aromatic N) is 2. The maximum Gasteiger partial charge on any atom is 0.216 e. The van der Waals surface area contributed by atoms with E-state index < -0.39 is 0 Å². The van der Waals surface area contributed by atoms with Crippen molar-refractivity contribution in [2.24, 2.45) is 5.92 Å². The fourth-order valence-electron chi connectivity index (χ4n) is 5.94. The zero-order valence-corrected chi connectivity index (χ0v) is 24.3. The van der Waals surface area contributed by atoms with Crippen LogP contribution in [-0.4, -0.2) is 43.5 Å². The summed E-state index contributed by atoms with van der Waals surface area (Å²) in [4.78, 5) is 13.8. The number of piperidine rings is 2. The van der Waals surface area contributed by atoms with Crippen molar-refractivity contribution in [1.29, 1.82) is 0 Å². The van der Waals surface area contributed by atoms with Gasteiger partial charge in [-0.3, -0.25) is 9.69 Å². The van der Waals surface area contributed by atoms with Gasteiger partial charge in [-0.05, 0) is 122 Å². The molecule has 5 rings (SSSR count). The van der Waals surface area contributed by atoms with Crippen molar-refractivity contribution in [1.82, 2.24) is 15.5 Å². The Morgan fingerprint density at radius 2 is 1.56 bits per heavy atom. The standard InChI is InChI=1S/C32H38Cl2N4O/c1-23(39)36-20-24-4-10-37(11-5-24)21-25-14-26(16-29(15-25)30-17-31(33)19-32(34)18-30)22-38-12-6-28(7-13-38)27-2-8-35-9-3-27/h6-7,12-19,24,27,35H,2-5,8-11,20-22H2,1H3/p+1. The lowest BCUT2D eigenvalue weighted by molar-refractivity contribution is -0.688. The van der Waals surface area contributed by atoms with E-state index in [9.17, 15) is 4.79 Å². The molecule has 2 aromatic carbocycles. The van der Waals surface area contributed by atoms with E-state index >= 15 is 0 Å². The van der Waals surface area contributed by atoms with Crippen molar-refractivity contribution in [2.75, 3.05) is 32.7 Å². The Labute approximate surface area is 242 Å². The molecule has 2 fully saturated rings. The molecule has 0 aliphatic carbocycles. The van der Waals surface area contributed by atoms with Gasteiger partial charge in [-0.15, -0.1) is 0 Å². The summed E-state index contributed by atoms with van der Waals surface area (Å²) in [5.41, 5.74) is 6.18. The van der Waals surface area contributed by atoms with E-state index in [1.54, 1.807) is 13.0 Å².